The van der Waals surface area contributed by atoms with Gasteiger partial charge in [0.15, 0.2) is 0 Å². The molecule has 0 saturated carbocycles. The van der Waals surface area contributed by atoms with Crippen molar-refractivity contribution in [3.8, 4) is 11.5 Å². The molecule has 27 heavy (non-hydrogen) atoms. The first kappa shape index (κ1) is 17.4. The summed E-state index contributed by atoms with van der Waals surface area (Å²) in [6, 6.07) is 11.9. The molecular weight excluding hydrogens is 350 g/mol. The topological polar surface area (TPSA) is 46.3 Å². The van der Waals surface area contributed by atoms with E-state index in [1.165, 1.54) is 24.3 Å². The van der Waals surface area contributed by atoms with Gasteiger partial charge in [-0.1, -0.05) is 12.1 Å². The maximum Gasteiger partial charge on any atom is 0.256 e. The van der Waals surface area contributed by atoms with E-state index in [1.807, 2.05) is 0 Å². The predicted molar refractivity (Wildman–Crippen MR) is 96.2 cm³/mol. The van der Waals surface area contributed by atoms with E-state index in [2.05, 4.69) is 4.98 Å². The van der Waals surface area contributed by atoms with Crippen LogP contribution >= 0.6 is 0 Å². The van der Waals surface area contributed by atoms with Crippen LogP contribution in [0.15, 0.2) is 59.1 Å². The third kappa shape index (κ3) is 3.60. The zero-order valence-electron chi connectivity index (χ0n) is 14.6. The van der Waals surface area contributed by atoms with Crippen LogP contribution < -0.4 is 0 Å². The second kappa shape index (κ2) is 7.31. The van der Waals surface area contributed by atoms with Crippen LogP contribution in [0.1, 0.15) is 34.9 Å². The minimum Gasteiger partial charge on any atom is -0.441 e. The summed E-state index contributed by atoms with van der Waals surface area (Å²) in [6.07, 6.45) is 3.32. The fraction of sp³-hybridized carbons (Fsp3) is 0.238. The second-order valence-electron chi connectivity index (χ2n) is 6.64. The standard InChI is InChI=1S/C21H18F2N2O2/c22-16-9-7-14(8-10-16)20-24-12-19(27-20)15-4-3-11-25(13-15)21(26)17-5-1-2-6-18(17)23/h1-2,5-10,12,15H,3-4,11,13H2. The average molecular weight is 368 g/mol. The van der Waals surface area contributed by atoms with Crippen LogP contribution in [0, 0.1) is 11.6 Å². The van der Waals surface area contributed by atoms with Crippen molar-refractivity contribution in [1.82, 2.24) is 9.88 Å². The lowest BCUT2D eigenvalue weighted by Gasteiger charge is -2.31. The highest BCUT2D eigenvalue weighted by molar-refractivity contribution is 5.94. The van der Waals surface area contributed by atoms with Gasteiger partial charge in [-0.25, -0.2) is 13.8 Å². The lowest BCUT2D eigenvalue weighted by atomic mass is 9.95. The number of oxazole rings is 1. The number of carbonyl (C=O) groups excluding carboxylic acids is 1. The zero-order chi connectivity index (χ0) is 18.8. The number of piperidine rings is 1. The van der Waals surface area contributed by atoms with Crippen LogP contribution in [0.2, 0.25) is 0 Å². The van der Waals surface area contributed by atoms with Crippen LogP contribution in [0.25, 0.3) is 11.5 Å². The second-order valence-corrected chi connectivity index (χ2v) is 6.64. The highest BCUT2D eigenvalue weighted by Crippen LogP contribution is 2.31. The van der Waals surface area contributed by atoms with Crippen molar-refractivity contribution in [2.75, 3.05) is 13.1 Å². The summed E-state index contributed by atoms with van der Waals surface area (Å²) in [6.45, 7) is 1.04. The molecule has 1 aromatic heterocycles. The number of benzene rings is 2. The average Bonchev–Trinajstić information content (AvgIpc) is 3.19. The molecule has 1 atom stereocenters. The Morgan fingerprint density at radius 2 is 1.89 bits per heavy atom. The molecular formula is C21H18F2N2O2. The number of nitrogens with zero attached hydrogens (tertiary/aromatic N) is 2. The molecule has 1 amide bonds. The van der Waals surface area contributed by atoms with Crippen LogP contribution in [0.4, 0.5) is 8.78 Å². The van der Waals surface area contributed by atoms with Gasteiger partial charge in [0.25, 0.3) is 5.91 Å². The van der Waals surface area contributed by atoms with Crippen molar-refractivity contribution in [2.24, 2.45) is 0 Å². The lowest BCUT2D eigenvalue weighted by molar-refractivity contribution is 0.0695. The largest absolute Gasteiger partial charge is 0.441 e. The van der Waals surface area contributed by atoms with E-state index < -0.39 is 5.82 Å². The van der Waals surface area contributed by atoms with Gasteiger partial charge in [0.2, 0.25) is 5.89 Å². The van der Waals surface area contributed by atoms with Crippen molar-refractivity contribution < 1.29 is 18.0 Å². The van der Waals surface area contributed by atoms with Crippen molar-refractivity contribution in [3.63, 3.8) is 0 Å². The summed E-state index contributed by atoms with van der Waals surface area (Å²) in [7, 11) is 0. The molecule has 0 aliphatic carbocycles. The number of rotatable bonds is 3. The van der Waals surface area contributed by atoms with Gasteiger partial charge in [0, 0.05) is 24.6 Å². The molecule has 0 bridgehead atoms. The van der Waals surface area contributed by atoms with Gasteiger partial charge in [0.05, 0.1) is 11.8 Å². The van der Waals surface area contributed by atoms with E-state index in [4.69, 9.17) is 4.42 Å². The van der Waals surface area contributed by atoms with Crippen molar-refractivity contribution in [3.05, 3.63) is 77.7 Å². The first-order chi connectivity index (χ1) is 13.1. The van der Waals surface area contributed by atoms with Gasteiger partial charge in [-0.05, 0) is 49.2 Å². The Kier molecular flexibility index (Phi) is 4.71. The maximum absolute atomic E-state index is 13.9. The molecule has 0 spiro atoms. The van der Waals surface area contributed by atoms with Gasteiger partial charge in [-0.3, -0.25) is 4.79 Å². The SMILES string of the molecule is O=C(c1ccccc1F)N1CCCC(c2cnc(-c3ccc(F)cc3)o2)C1. The molecule has 138 valence electrons. The zero-order valence-corrected chi connectivity index (χ0v) is 14.6. The Morgan fingerprint density at radius 3 is 2.67 bits per heavy atom. The molecule has 6 heteroatoms. The van der Waals surface area contributed by atoms with Gasteiger partial charge in [0.1, 0.15) is 17.4 Å². The summed E-state index contributed by atoms with van der Waals surface area (Å²) in [5.74, 6) is -0.0434. The van der Waals surface area contributed by atoms with Crippen molar-refractivity contribution in [1.29, 1.82) is 0 Å². The summed E-state index contributed by atoms with van der Waals surface area (Å²) in [5.41, 5.74) is 0.778. The minimum atomic E-state index is -0.511. The van der Waals surface area contributed by atoms with Crippen LogP contribution in [-0.4, -0.2) is 28.9 Å². The third-order valence-corrected chi connectivity index (χ3v) is 4.83. The summed E-state index contributed by atoms with van der Waals surface area (Å²) >= 11 is 0. The number of likely N-dealkylation sites (tertiary alicyclic amines) is 1. The van der Waals surface area contributed by atoms with E-state index in [1.54, 1.807) is 35.4 Å². The van der Waals surface area contributed by atoms with E-state index in [9.17, 15) is 13.6 Å². The normalized spacial score (nSPS) is 17.1. The fourth-order valence-corrected chi connectivity index (χ4v) is 3.40. The molecule has 2 heterocycles. The molecule has 1 aliphatic heterocycles. The molecule has 1 saturated heterocycles. The lowest BCUT2D eigenvalue weighted by Crippen LogP contribution is -2.39. The van der Waals surface area contributed by atoms with Gasteiger partial charge in [-0.2, -0.15) is 0 Å². The number of hydrogen-bond donors (Lipinski definition) is 0. The van der Waals surface area contributed by atoms with E-state index in [0.717, 1.165) is 12.8 Å². The monoisotopic (exact) mass is 368 g/mol. The van der Waals surface area contributed by atoms with Crippen molar-refractivity contribution in [2.45, 2.75) is 18.8 Å². The van der Waals surface area contributed by atoms with E-state index in [-0.39, 0.29) is 23.2 Å². The maximum atomic E-state index is 13.9. The highest BCUT2D eigenvalue weighted by Gasteiger charge is 2.29. The molecule has 4 nitrogen and oxygen atoms in total. The Bertz CT molecular complexity index is 953. The first-order valence-electron chi connectivity index (χ1n) is 8.87. The predicted octanol–water partition coefficient (Wildman–Crippen LogP) is 4.64. The molecule has 4 rings (SSSR count). The number of halogens is 2. The van der Waals surface area contributed by atoms with Gasteiger partial charge in [-0.15, -0.1) is 0 Å². The molecule has 3 aromatic rings. The smallest absolute Gasteiger partial charge is 0.256 e. The Labute approximate surface area is 155 Å². The highest BCUT2D eigenvalue weighted by atomic mass is 19.1. The van der Waals surface area contributed by atoms with Gasteiger partial charge >= 0.3 is 0 Å². The molecule has 0 radical (unpaired) electrons. The molecule has 0 N–H and O–H groups in total. The Balaban J connectivity index is 1.51. The molecule has 1 fully saturated rings. The van der Waals surface area contributed by atoms with Crippen LogP contribution in [0.5, 0.6) is 0 Å². The summed E-state index contributed by atoms with van der Waals surface area (Å²) < 4.78 is 32.9. The quantitative estimate of drug-likeness (QED) is 0.677. The van der Waals surface area contributed by atoms with Crippen LogP contribution in [-0.2, 0) is 0 Å². The van der Waals surface area contributed by atoms with E-state index >= 15 is 0 Å². The fourth-order valence-electron chi connectivity index (χ4n) is 3.40. The number of carbonyl (C=O) groups is 1. The van der Waals surface area contributed by atoms with E-state index in [0.29, 0.717) is 30.3 Å². The first-order valence-corrected chi connectivity index (χ1v) is 8.87. The summed E-state index contributed by atoms with van der Waals surface area (Å²) in [5, 5.41) is 0. The minimum absolute atomic E-state index is 0.00354. The molecule has 2 aromatic carbocycles. The van der Waals surface area contributed by atoms with Gasteiger partial charge < -0.3 is 9.32 Å². The molecule has 1 aliphatic rings. The number of amides is 1. The summed E-state index contributed by atoms with van der Waals surface area (Å²) in [4.78, 5) is 18.6. The number of hydrogen-bond acceptors (Lipinski definition) is 3. The Hall–Kier alpha value is -3.02. The molecule has 1 unspecified atom stereocenters. The third-order valence-electron chi connectivity index (χ3n) is 4.83. The van der Waals surface area contributed by atoms with Crippen LogP contribution in [0.3, 0.4) is 0 Å². The number of aromatic nitrogens is 1. The van der Waals surface area contributed by atoms with Crippen molar-refractivity contribution >= 4 is 5.91 Å². The Morgan fingerprint density at radius 1 is 1.11 bits per heavy atom.